The number of nitrogens with zero attached hydrogens (tertiary/aromatic N) is 9. The van der Waals surface area contributed by atoms with Gasteiger partial charge in [-0.15, -0.1) is 0 Å². The average Bonchev–Trinajstić information content (AvgIpc) is 3.45. The van der Waals surface area contributed by atoms with Gasteiger partial charge >= 0.3 is 0 Å². The summed E-state index contributed by atoms with van der Waals surface area (Å²) in [6.07, 6.45) is 7.95. The molecule has 0 spiro atoms. The Morgan fingerprint density at radius 1 is 0.781 bits per heavy atom. The average molecular weight is 430 g/mol. The Kier molecular flexibility index (Phi) is 5.18. The molecule has 5 rings (SSSR count). The molecule has 0 unspecified atom stereocenters. The van der Waals surface area contributed by atoms with Crippen LogP contribution in [0.15, 0.2) is 43.0 Å². The van der Waals surface area contributed by atoms with Crippen LogP contribution in [0.25, 0.3) is 11.6 Å². The van der Waals surface area contributed by atoms with E-state index < -0.39 is 0 Å². The second-order valence-electron chi connectivity index (χ2n) is 8.36. The zero-order valence-electron chi connectivity index (χ0n) is 18.9. The van der Waals surface area contributed by atoms with Crippen LogP contribution in [0, 0.1) is 27.7 Å². The fourth-order valence-corrected chi connectivity index (χ4v) is 4.14. The van der Waals surface area contributed by atoms with E-state index in [1.807, 2.05) is 37.0 Å². The van der Waals surface area contributed by atoms with E-state index in [1.54, 1.807) is 0 Å². The highest BCUT2D eigenvalue weighted by molar-refractivity contribution is 5.36. The summed E-state index contributed by atoms with van der Waals surface area (Å²) >= 11 is 0. The lowest BCUT2D eigenvalue weighted by Crippen LogP contribution is -2.27. The van der Waals surface area contributed by atoms with Crippen LogP contribution in [0.1, 0.15) is 34.2 Å². The Bertz CT molecular complexity index is 1290. The van der Waals surface area contributed by atoms with Gasteiger partial charge in [-0.3, -0.25) is 18.4 Å². The number of rotatable bonds is 7. The van der Waals surface area contributed by atoms with Crippen LogP contribution in [-0.2, 0) is 19.6 Å². The number of imidazole rings is 2. The van der Waals surface area contributed by atoms with E-state index >= 15 is 0 Å². The van der Waals surface area contributed by atoms with E-state index in [4.69, 9.17) is 9.97 Å². The summed E-state index contributed by atoms with van der Waals surface area (Å²) in [6.45, 7) is 11.2. The summed E-state index contributed by atoms with van der Waals surface area (Å²) in [7, 11) is 0. The van der Waals surface area contributed by atoms with E-state index in [9.17, 15) is 0 Å². The lowest BCUT2D eigenvalue weighted by Gasteiger charge is -2.20. The Labute approximate surface area is 186 Å². The first-order valence-electron chi connectivity index (χ1n) is 10.8. The molecule has 0 radical (unpaired) electrons. The minimum Gasteiger partial charge on any atom is -0.290 e. The predicted octanol–water partition coefficient (Wildman–Crippen LogP) is 2.90. The summed E-state index contributed by atoms with van der Waals surface area (Å²) in [5, 5.41) is 4.34. The molecule has 0 amide bonds. The SMILES string of the molecule is Cc1cc(C)n2cc(CN(CCn3cccn3)Cc3cn4c(C)cc(C)nc4n3)nc2n1. The van der Waals surface area contributed by atoms with E-state index in [2.05, 4.69) is 67.1 Å². The quantitative estimate of drug-likeness (QED) is 0.396. The number of fused-ring (bicyclic) bond motifs is 2. The van der Waals surface area contributed by atoms with Gasteiger partial charge in [0.2, 0.25) is 11.6 Å². The summed E-state index contributed by atoms with van der Waals surface area (Å²) in [5.74, 6) is 1.49. The number of hydrogen-bond donors (Lipinski definition) is 0. The van der Waals surface area contributed by atoms with E-state index in [-0.39, 0.29) is 0 Å². The fraction of sp³-hybridized carbons (Fsp3) is 0.348. The van der Waals surface area contributed by atoms with Crippen molar-refractivity contribution in [2.45, 2.75) is 47.3 Å². The largest absolute Gasteiger partial charge is 0.290 e. The second kappa shape index (κ2) is 8.16. The smallest absolute Gasteiger partial charge is 0.234 e. The van der Waals surface area contributed by atoms with Crippen molar-refractivity contribution < 1.29 is 0 Å². The van der Waals surface area contributed by atoms with E-state index in [0.29, 0.717) is 13.1 Å². The molecule has 9 nitrogen and oxygen atoms in total. The van der Waals surface area contributed by atoms with Crippen LogP contribution < -0.4 is 0 Å². The van der Waals surface area contributed by atoms with Gasteiger partial charge in [0.25, 0.3) is 0 Å². The molecular weight excluding hydrogens is 402 g/mol. The van der Waals surface area contributed by atoms with E-state index in [0.717, 1.165) is 58.8 Å². The Hall–Kier alpha value is -3.59. The lowest BCUT2D eigenvalue weighted by molar-refractivity contribution is 0.237. The second-order valence-corrected chi connectivity index (χ2v) is 8.36. The van der Waals surface area contributed by atoms with Gasteiger partial charge in [0.15, 0.2) is 0 Å². The molecule has 9 heteroatoms. The molecule has 0 aliphatic rings. The first kappa shape index (κ1) is 20.3. The Balaban J connectivity index is 1.42. The van der Waals surface area contributed by atoms with Crippen LogP contribution in [0.2, 0.25) is 0 Å². The third-order valence-electron chi connectivity index (χ3n) is 5.60. The highest BCUT2D eigenvalue weighted by Crippen LogP contribution is 2.14. The van der Waals surface area contributed by atoms with Gasteiger partial charge in [-0.1, -0.05) is 0 Å². The molecule has 0 aliphatic heterocycles. The normalized spacial score (nSPS) is 11.9. The molecule has 32 heavy (non-hydrogen) atoms. The van der Waals surface area contributed by atoms with Crippen molar-refractivity contribution in [3.8, 4) is 0 Å². The molecule has 0 saturated heterocycles. The third-order valence-corrected chi connectivity index (χ3v) is 5.60. The maximum atomic E-state index is 4.78. The van der Waals surface area contributed by atoms with Crippen LogP contribution in [-0.4, -0.2) is 50.0 Å². The van der Waals surface area contributed by atoms with Crippen molar-refractivity contribution in [1.82, 2.24) is 43.4 Å². The maximum Gasteiger partial charge on any atom is 0.234 e. The molecule has 5 aromatic heterocycles. The van der Waals surface area contributed by atoms with Crippen molar-refractivity contribution >= 4 is 11.6 Å². The van der Waals surface area contributed by atoms with Gasteiger partial charge in [-0.2, -0.15) is 5.10 Å². The minimum absolute atomic E-state index is 0.697. The van der Waals surface area contributed by atoms with Crippen molar-refractivity contribution in [3.05, 3.63) is 77.2 Å². The molecule has 0 atom stereocenters. The lowest BCUT2D eigenvalue weighted by atomic mass is 10.3. The van der Waals surface area contributed by atoms with Crippen molar-refractivity contribution in [2.75, 3.05) is 6.54 Å². The number of hydrogen-bond acceptors (Lipinski definition) is 6. The molecule has 0 aliphatic carbocycles. The van der Waals surface area contributed by atoms with Gasteiger partial charge in [-0.25, -0.2) is 19.9 Å². The molecule has 0 N–H and O–H groups in total. The van der Waals surface area contributed by atoms with Gasteiger partial charge in [0.1, 0.15) is 0 Å². The minimum atomic E-state index is 0.697. The van der Waals surface area contributed by atoms with Gasteiger partial charge < -0.3 is 0 Å². The third kappa shape index (κ3) is 4.11. The van der Waals surface area contributed by atoms with Gasteiger partial charge in [-0.05, 0) is 45.9 Å². The number of aryl methyl sites for hydroxylation is 4. The van der Waals surface area contributed by atoms with Crippen molar-refractivity contribution in [1.29, 1.82) is 0 Å². The Morgan fingerprint density at radius 2 is 1.34 bits per heavy atom. The van der Waals surface area contributed by atoms with Gasteiger partial charge in [0.05, 0.1) is 17.9 Å². The first-order chi connectivity index (χ1) is 15.4. The highest BCUT2D eigenvalue weighted by atomic mass is 15.3. The summed E-state index contributed by atoms with van der Waals surface area (Å²) in [4.78, 5) is 21.1. The zero-order valence-corrected chi connectivity index (χ0v) is 18.9. The fourth-order valence-electron chi connectivity index (χ4n) is 4.14. The summed E-state index contributed by atoms with van der Waals surface area (Å²) in [6, 6.07) is 6.09. The van der Waals surface area contributed by atoms with Crippen molar-refractivity contribution in [2.24, 2.45) is 0 Å². The zero-order chi connectivity index (χ0) is 22.2. The summed E-state index contributed by atoms with van der Waals surface area (Å²) in [5.41, 5.74) is 6.19. The molecular formula is C23H27N9. The number of aromatic nitrogens is 8. The predicted molar refractivity (Wildman–Crippen MR) is 121 cm³/mol. The molecule has 5 aromatic rings. The Morgan fingerprint density at radius 3 is 1.84 bits per heavy atom. The molecule has 0 bridgehead atoms. The van der Waals surface area contributed by atoms with E-state index in [1.165, 1.54) is 0 Å². The molecule has 0 fully saturated rings. The molecule has 164 valence electrons. The molecule has 0 saturated carbocycles. The first-order valence-corrected chi connectivity index (χ1v) is 10.8. The maximum absolute atomic E-state index is 4.78. The highest BCUT2D eigenvalue weighted by Gasteiger charge is 2.15. The standard InChI is InChI=1S/C23H27N9/c1-16-10-18(3)31-14-20(27-22(31)25-16)12-29(8-9-30-7-5-6-24-30)13-21-15-32-19(4)11-17(2)26-23(32)28-21/h5-7,10-11,14-15H,8-9,12-13H2,1-4H3. The molecule has 5 heterocycles. The topological polar surface area (TPSA) is 81.4 Å². The summed E-state index contributed by atoms with van der Waals surface area (Å²) < 4.78 is 6.05. The van der Waals surface area contributed by atoms with Crippen LogP contribution in [0.5, 0.6) is 0 Å². The van der Waals surface area contributed by atoms with Gasteiger partial charge in [0, 0.05) is 67.2 Å². The van der Waals surface area contributed by atoms with Crippen LogP contribution >= 0.6 is 0 Å². The monoisotopic (exact) mass is 429 g/mol. The van der Waals surface area contributed by atoms with Crippen molar-refractivity contribution in [3.63, 3.8) is 0 Å². The van der Waals surface area contributed by atoms with Crippen LogP contribution in [0.4, 0.5) is 0 Å². The molecule has 0 aromatic carbocycles. The van der Waals surface area contributed by atoms with Crippen LogP contribution in [0.3, 0.4) is 0 Å².